The van der Waals surface area contributed by atoms with Gasteiger partial charge in [-0.15, -0.1) is 0 Å². The molecular weight excluding hydrogens is 144 g/mol. The first-order valence-corrected chi connectivity index (χ1v) is 3.91. The zero-order chi connectivity index (χ0) is 8.27. The van der Waals surface area contributed by atoms with Crippen LogP contribution < -0.4 is 11.1 Å². The van der Waals surface area contributed by atoms with Crippen LogP contribution in [0.25, 0.3) is 0 Å². The molecule has 1 fully saturated rings. The smallest absolute Gasteiger partial charge is 0.239 e. The number of hydrogen-bond acceptors (Lipinski definition) is 3. The average molecular weight is 158 g/mol. The summed E-state index contributed by atoms with van der Waals surface area (Å²) in [6.07, 6.45) is 3.27. The first kappa shape index (κ1) is 8.49. The highest BCUT2D eigenvalue weighted by molar-refractivity contribution is 5.81. The van der Waals surface area contributed by atoms with Crippen LogP contribution in [-0.2, 0) is 4.79 Å². The van der Waals surface area contributed by atoms with Gasteiger partial charge in [0.25, 0.3) is 0 Å². The fraction of sp³-hybridized carbons (Fsp3) is 0.857. The molecule has 0 radical (unpaired) electrons. The molecule has 4 nitrogen and oxygen atoms in total. The van der Waals surface area contributed by atoms with Crippen LogP contribution in [0.2, 0.25) is 0 Å². The molecule has 0 saturated heterocycles. The van der Waals surface area contributed by atoms with Crippen LogP contribution in [0.1, 0.15) is 19.3 Å². The number of carbonyl (C=O) groups is 1. The van der Waals surface area contributed by atoms with Gasteiger partial charge >= 0.3 is 0 Å². The largest absolute Gasteiger partial charge is 0.394 e. The van der Waals surface area contributed by atoms with Gasteiger partial charge in [0.2, 0.25) is 5.91 Å². The lowest BCUT2D eigenvalue weighted by Crippen LogP contribution is -2.49. The van der Waals surface area contributed by atoms with Crippen molar-refractivity contribution >= 4 is 5.91 Å². The molecule has 1 aliphatic rings. The molecule has 0 aliphatic heterocycles. The Hall–Kier alpha value is -0.610. The summed E-state index contributed by atoms with van der Waals surface area (Å²) >= 11 is 0. The predicted molar refractivity (Wildman–Crippen MR) is 40.8 cm³/mol. The van der Waals surface area contributed by atoms with Crippen molar-refractivity contribution in [3.05, 3.63) is 0 Å². The van der Waals surface area contributed by atoms with Gasteiger partial charge in [-0.3, -0.25) is 4.79 Å². The summed E-state index contributed by atoms with van der Waals surface area (Å²) in [5.41, 5.74) is 5.28. The van der Waals surface area contributed by atoms with Gasteiger partial charge in [0, 0.05) is 6.04 Å². The molecule has 0 aromatic carbocycles. The fourth-order valence-electron chi connectivity index (χ4n) is 0.944. The molecule has 64 valence electrons. The Bertz CT molecular complexity index is 145. The highest BCUT2D eigenvalue weighted by atomic mass is 16.3. The average Bonchev–Trinajstić information content (AvgIpc) is 1.94. The highest BCUT2D eigenvalue weighted by Gasteiger charge is 2.21. The van der Waals surface area contributed by atoms with Crippen LogP contribution in [0.3, 0.4) is 0 Å². The van der Waals surface area contributed by atoms with E-state index >= 15 is 0 Å². The lowest BCUT2D eigenvalue weighted by atomic mass is 9.93. The SMILES string of the molecule is NC(CO)C(=O)NC1CCC1. The van der Waals surface area contributed by atoms with E-state index in [0.29, 0.717) is 6.04 Å². The van der Waals surface area contributed by atoms with Gasteiger partial charge in [0.05, 0.1) is 6.61 Å². The van der Waals surface area contributed by atoms with E-state index in [-0.39, 0.29) is 12.5 Å². The van der Waals surface area contributed by atoms with E-state index in [2.05, 4.69) is 5.32 Å². The molecule has 4 heteroatoms. The molecule has 0 spiro atoms. The van der Waals surface area contributed by atoms with Crippen LogP contribution in [0.5, 0.6) is 0 Å². The molecule has 0 aromatic rings. The van der Waals surface area contributed by atoms with E-state index in [1.807, 2.05) is 0 Å². The summed E-state index contributed by atoms with van der Waals surface area (Å²) in [5.74, 6) is -0.239. The predicted octanol–water partition coefficient (Wildman–Crippen LogP) is -1.03. The maximum absolute atomic E-state index is 11.0. The number of amides is 1. The Labute approximate surface area is 65.8 Å². The van der Waals surface area contributed by atoms with Gasteiger partial charge in [-0.2, -0.15) is 0 Å². The number of carbonyl (C=O) groups excluding carboxylic acids is 1. The topological polar surface area (TPSA) is 75.3 Å². The van der Waals surface area contributed by atoms with Crippen LogP contribution >= 0.6 is 0 Å². The molecule has 0 bridgehead atoms. The second-order valence-corrected chi connectivity index (χ2v) is 2.93. The molecule has 1 amide bonds. The Balaban J connectivity index is 2.19. The molecule has 1 unspecified atom stereocenters. The molecule has 1 aliphatic carbocycles. The van der Waals surface area contributed by atoms with E-state index in [4.69, 9.17) is 10.8 Å². The van der Waals surface area contributed by atoms with Gasteiger partial charge in [0.15, 0.2) is 0 Å². The standard InChI is InChI=1S/C7H14N2O2/c8-6(4-10)7(11)9-5-2-1-3-5/h5-6,10H,1-4,8H2,(H,9,11). The van der Waals surface area contributed by atoms with Gasteiger partial charge in [0.1, 0.15) is 6.04 Å². The summed E-state index contributed by atoms with van der Waals surface area (Å²) in [4.78, 5) is 11.0. The number of rotatable bonds is 3. The van der Waals surface area contributed by atoms with Gasteiger partial charge in [-0.05, 0) is 19.3 Å². The monoisotopic (exact) mass is 158 g/mol. The van der Waals surface area contributed by atoms with Crippen molar-refractivity contribution in [2.24, 2.45) is 5.73 Å². The normalized spacial score (nSPS) is 20.5. The van der Waals surface area contributed by atoms with E-state index < -0.39 is 6.04 Å². The van der Waals surface area contributed by atoms with Crippen LogP contribution in [0.4, 0.5) is 0 Å². The Morgan fingerprint density at radius 1 is 1.73 bits per heavy atom. The zero-order valence-electron chi connectivity index (χ0n) is 6.42. The third kappa shape index (κ3) is 2.17. The Morgan fingerprint density at radius 2 is 2.36 bits per heavy atom. The zero-order valence-corrected chi connectivity index (χ0v) is 6.42. The minimum Gasteiger partial charge on any atom is -0.394 e. The lowest BCUT2D eigenvalue weighted by molar-refractivity contribution is -0.124. The van der Waals surface area contributed by atoms with Crippen molar-refractivity contribution in [2.75, 3.05) is 6.61 Å². The Morgan fingerprint density at radius 3 is 2.73 bits per heavy atom. The van der Waals surface area contributed by atoms with Crippen LogP contribution in [-0.4, -0.2) is 29.7 Å². The van der Waals surface area contributed by atoms with E-state index in [1.54, 1.807) is 0 Å². The molecule has 0 aromatic heterocycles. The maximum Gasteiger partial charge on any atom is 0.239 e. The first-order valence-electron chi connectivity index (χ1n) is 3.91. The number of aliphatic hydroxyl groups is 1. The van der Waals surface area contributed by atoms with Crippen LogP contribution in [0, 0.1) is 0 Å². The molecular formula is C7H14N2O2. The van der Waals surface area contributed by atoms with E-state index in [0.717, 1.165) is 12.8 Å². The van der Waals surface area contributed by atoms with Crippen molar-refractivity contribution in [1.29, 1.82) is 0 Å². The van der Waals surface area contributed by atoms with Gasteiger partial charge in [-0.25, -0.2) is 0 Å². The summed E-state index contributed by atoms with van der Waals surface area (Å²) in [7, 11) is 0. The second-order valence-electron chi connectivity index (χ2n) is 2.93. The maximum atomic E-state index is 11.0. The summed E-state index contributed by atoms with van der Waals surface area (Å²) in [6.45, 7) is -0.279. The van der Waals surface area contributed by atoms with Crippen molar-refractivity contribution < 1.29 is 9.90 Å². The molecule has 1 atom stereocenters. The molecule has 1 saturated carbocycles. The van der Waals surface area contributed by atoms with Crippen molar-refractivity contribution in [3.63, 3.8) is 0 Å². The third-order valence-corrected chi connectivity index (χ3v) is 1.99. The number of nitrogens with two attached hydrogens (primary N) is 1. The molecule has 0 heterocycles. The number of nitrogens with one attached hydrogen (secondary N) is 1. The van der Waals surface area contributed by atoms with Crippen molar-refractivity contribution in [3.8, 4) is 0 Å². The quantitative estimate of drug-likeness (QED) is 0.492. The third-order valence-electron chi connectivity index (χ3n) is 1.99. The number of aliphatic hydroxyl groups excluding tert-OH is 1. The molecule has 1 rings (SSSR count). The van der Waals surface area contributed by atoms with E-state index in [9.17, 15) is 4.79 Å². The Kier molecular flexibility index (Phi) is 2.84. The molecule has 11 heavy (non-hydrogen) atoms. The first-order chi connectivity index (χ1) is 5.24. The van der Waals surface area contributed by atoms with Gasteiger partial charge in [-0.1, -0.05) is 0 Å². The minimum atomic E-state index is -0.754. The second kappa shape index (κ2) is 3.69. The van der Waals surface area contributed by atoms with Crippen LogP contribution in [0.15, 0.2) is 0 Å². The number of hydrogen-bond donors (Lipinski definition) is 3. The summed E-state index contributed by atoms with van der Waals surface area (Å²) in [5, 5.41) is 11.3. The van der Waals surface area contributed by atoms with Crippen molar-refractivity contribution in [2.45, 2.75) is 31.3 Å². The fourth-order valence-corrected chi connectivity index (χ4v) is 0.944. The molecule has 4 N–H and O–H groups in total. The van der Waals surface area contributed by atoms with E-state index in [1.165, 1.54) is 6.42 Å². The highest BCUT2D eigenvalue weighted by Crippen LogP contribution is 2.17. The summed E-state index contributed by atoms with van der Waals surface area (Å²) in [6, 6.07) is -0.448. The lowest BCUT2D eigenvalue weighted by Gasteiger charge is -2.27. The summed E-state index contributed by atoms with van der Waals surface area (Å²) < 4.78 is 0. The van der Waals surface area contributed by atoms with Crippen molar-refractivity contribution in [1.82, 2.24) is 5.32 Å². The minimum absolute atomic E-state index is 0.239. The van der Waals surface area contributed by atoms with Gasteiger partial charge < -0.3 is 16.2 Å².